The van der Waals surface area contributed by atoms with E-state index in [4.69, 9.17) is 15.0 Å². The van der Waals surface area contributed by atoms with E-state index in [2.05, 4.69) is 47.9 Å². The van der Waals surface area contributed by atoms with Crippen LogP contribution in [0.2, 0.25) is 0 Å². The topological polar surface area (TPSA) is 135 Å². The maximum Gasteiger partial charge on any atom is 0.258 e. The summed E-state index contributed by atoms with van der Waals surface area (Å²) in [5.74, 6) is 0.703. The van der Waals surface area contributed by atoms with Gasteiger partial charge in [0.1, 0.15) is 18.5 Å². The average molecular weight is 511 g/mol. The molecule has 1 aromatic heterocycles. The first-order valence-corrected chi connectivity index (χ1v) is 12.7. The molecule has 3 aromatic rings. The lowest BCUT2D eigenvalue weighted by molar-refractivity contribution is -0.127. The fourth-order valence-corrected chi connectivity index (χ4v) is 4.22. The zero-order chi connectivity index (χ0) is 27.1. The molecule has 1 amide bonds. The van der Waals surface area contributed by atoms with Crippen LogP contribution in [0.15, 0.2) is 34.9 Å². The molecule has 3 rings (SSSR count). The molecular formula is C28H38N4O5. The van der Waals surface area contributed by atoms with Gasteiger partial charge in [0.05, 0.1) is 6.10 Å². The molecule has 200 valence electrons. The number of primary amides is 1. The van der Waals surface area contributed by atoms with E-state index in [0.717, 1.165) is 41.9 Å². The molecule has 0 aliphatic carbocycles. The fraction of sp³-hybridized carbons (Fsp3) is 0.464. The van der Waals surface area contributed by atoms with E-state index in [0.29, 0.717) is 23.9 Å². The van der Waals surface area contributed by atoms with Gasteiger partial charge in [0.15, 0.2) is 0 Å². The van der Waals surface area contributed by atoms with Crippen molar-refractivity contribution in [3.8, 4) is 28.6 Å². The zero-order valence-corrected chi connectivity index (χ0v) is 22.3. The van der Waals surface area contributed by atoms with Gasteiger partial charge >= 0.3 is 0 Å². The predicted octanol–water partition coefficient (Wildman–Crippen LogP) is 3.40. The number of aryl methyl sites for hydroxylation is 3. The van der Waals surface area contributed by atoms with E-state index in [1.807, 2.05) is 32.0 Å². The second kappa shape index (κ2) is 12.8. The standard InChI is InChI=1S/C28H38N4O5/c1-6-19-13-22(12-18(5)25(19)36-16-23(33)14-24(34)26(29)35)27-30-28(37-31-27)20-9-10-21(17(4)11-20)15-32(7-2)8-3/h9-13,23-24,33-34H,6-8,14-16H2,1-5H3,(H2,29,35)/t23-,24?/m0/s1. The van der Waals surface area contributed by atoms with Crippen molar-refractivity contribution in [2.24, 2.45) is 5.73 Å². The van der Waals surface area contributed by atoms with Gasteiger partial charge in [-0.3, -0.25) is 9.69 Å². The quantitative estimate of drug-likeness (QED) is 0.318. The lowest BCUT2D eigenvalue weighted by atomic mass is 10.0. The van der Waals surface area contributed by atoms with E-state index in [9.17, 15) is 15.0 Å². The van der Waals surface area contributed by atoms with Crippen molar-refractivity contribution in [3.63, 3.8) is 0 Å². The first kappa shape index (κ1) is 28.3. The smallest absolute Gasteiger partial charge is 0.258 e. The lowest BCUT2D eigenvalue weighted by Gasteiger charge is -2.19. The summed E-state index contributed by atoms with van der Waals surface area (Å²) in [5.41, 5.74) is 11.0. The molecule has 0 bridgehead atoms. The molecule has 0 aliphatic heterocycles. The van der Waals surface area contributed by atoms with Crippen molar-refractivity contribution in [3.05, 3.63) is 52.6 Å². The van der Waals surface area contributed by atoms with Crippen LogP contribution in [0.5, 0.6) is 5.75 Å². The van der Waals surface area contributed by atoms with Crippen molar-refractivity contribution >= 4 is 5.91 Å². The number of aliphatic hydroxyl groups excluding tert-OH is 2. The molecule has 9 nitrogen and oxygen atoms in total. The molecule has 0 saturated carbocycles. The summed E-state index contributed by atoms with van der Waals surface area (Å²) in [6.45, 7) is 13.2. The van der Waals surface area contributed by atoms with Gasteiger partial charge in [0, 0.05) is 24.1 Å². The Balaban J connectivity index is 1.77. The number of ether oxygens (including phenoxy) is 1. The Kier molecular flexibility index (Phi) is 9.79. The van der Waals surface area contributed by atoms with Gasteiger partial charge in [-0.1, -0.05) is 32.0 Å². The second-order valence-electron chi connectivity index (χ2n) is 9.28. The fourth-order valence-electron chi connectivity index (χ4n) is 4.22. The summed E-state index contributed by atoms with van der Waals surface area (Å²) < 4.78 is 11.5. The van der Waals surface area contributed by atoms with Crippen LogP contribution in [0.1, 0.15) is 49.4 Å². The third-order valence-electron chi connectivity index (χ3n) is 6.54. The third kappa shape index (κ3) is 7.15. The molecule has 0 radical (unpaired) electrons. The molecule has 0 saturated heterocycles. The number of carbonyl (C=O) groups is 1. The maximum absolute atomic E-state index is 11.0. The minimum absolute atomic E-state index is 0.0759. The molecule has 1 heterocycles. The minimum atomic E-state index is -1.41. The van der Waals surface area contributed by atoms with E-state index in [1.54, 1.807) is 0 Å². The van der Waals surface area contributed by atoms with E-state index in [1.165, 1.54) is 11.1 Å². The van der Waals surface area contributed by atoms with Gasteiger partial charge in [0.25, 0.3) is 5.89 Å². The summed E-state index contributed by atoms with van der Waals surface area (Å²) in [4.78, 5) is 18.0. The van der Waals surface area contributed by atoms with E-state index < -0.39 is 18.1 Å². The van der Waals surface area contributed by atoms with Crippen molar-refractivity contribution < 1.29 is 24.3 Å². The Morgan fingerprint density at radius 3 is 2.38 bits per heavy atom. The molecule has 0 spiro atoms. The highest BCUT2D eigenvalue weighted by Crippen LogP contribution is 2.31. The average Bonchev–Trinajstić information content (AvgIpc) is 3.37. The van der Waals surface area contributed by atoms with Gasteiger partial charge in [-0.15, -0.1) is 0 Å². The Hall–Kier alpha value is -3.27. The van der Waals surface area contributed by atoms with Crippen molar-refractivity contribution in [1.82, 2.24) is 15.0 Å². The highest BCUT2D eigenvalue weighted by atomic mass is 16.5. The first-order valence-electron chi connectivity index (χ1n) is 12.7. The summed E-state index contributed by atoms with van der Waals surface area (Å²) in [6, 6.07) is 10.1. The number of hydrogen-bond donors (Lipinski definition) is 3. The Bertz CT molecular complexity index is 1210. The maximum atomic E-state index is 11.0. The monoisotopic (exact) mass is 510 g/mol. The molecule has 9 heteroatoms. The zero-order valence-electron chi connectivity index (χ0n) is 22.3. The summed E-state index contributed by atoms with van der Waals surface area (Å²) in [6.07, 6.45) is -1.95. The van der Waals surface area contributed by atoms with Gasteiger partial charge in [0.2, 0.25) is 11.7 Å². The van der Waals surface area contributed by atoms with Crippen LogP contribution < -0.4 is 10.5 Å². The van der Waals surface area contributed by atoms with Crippen molar-refractivity contribution in [1.29, 1.82) is 0 Å². The molecule has 37 heavy (non-hydrogen) atoms. The number of benzene rings is 2. The number of aliphatic hydroxyl groups is 2. The first-order chi connectivity index (χ1) is 17.7. The number of amides is 1. The third-order valence-corrected chi connectivity index (χ3v) is 6.54. The molecule has 4 N–H and O–H groups in total. The van der Waals surface area contributed by atoms with Crippen molar-refractivity contribution in [2.75, 3.05) is 19.7 Å². The SMILES string of the molecule is CCc1cc(-c2noc(-c3ccc(CN(CC)CC)c(C)c3)n2)cc(C)c1OC[C@@H](O)CC(O)C(N)=O. The lowest BCUT2D eigenvalue weighted by Crippen LogP contribution is -2.33. The molecule has 0 fully saturated rings. The summed E-state index contributed by atoms with van der Waals surface area (Å²) in [5, 5.41) is 23.9. The second-order valence-corrected chi connectivity index (χ2v) is 9.28. The Labute approximate surface area is 218 Å². The predicted molar refractivity (Wildman–Crippen MR) is 142 cm³/mol. The summed E-state index contributed by atoms with van der Waals surface area (Å²) >= 11 is 0. The van der Waals surface area contributed by atoms with E-state index in [-0.39, 0.29) is 13.0 Å². The van der Waals surface area contributed by atoms with Crippen molar-refractivity contribution in [2.45, 2.75) is 66.2 Å². The van der Waals surface area contributed by atoms with Gasteiger partial charge < -0.3 is 25.2 Å². The van der Waals surface area contributed by atoms with Crippen LogP contribution in [-0.4, -0.2) is 63.1 Å². The Morgan fingerprint density at radius 2 is 1.76 bits per heavy atom. The molecule has 0 aliphatic rings. The Morgan fingerprint density at radius 1 is 1.05 bits per heavy atom. The number of aromatic nitrogens is 2. The highest BCUT2D eigenvalue weighted by Gasteiger charge is 2.19. The summed E-state index contributed by atoms with van der Waals surface area (Å²) in [7, 11) is 0. The molecule has 1 unspecified atom stereocenters. The number of hydrogen-bond acceptors (Lipinski definition) is 8. The number of nitrogens with zero attached hydrogens (tertiary/aromatic N) is 3. The van der Waals surface area contributed by atoms with Crippen LogP contribution in [-0.2, 0) is 17.8 Å². The van der Waals surface area contributed by atoms with Crippen LogP contribution in [0.3, 0.4) is 0 Å². The van der Waals surface area contributed by atoms with Crippen LogP contribution in [0, 0.1) is 13.8 Å². The normalized spacial score (nSPS) is 13.1. The van der Waals surface area contributed by atoms with Gasteiger partial charge in [-0.25, -0.2) is 0 Å². The van der Waals surface area contributed by atoms with Crippen LogP contribution >= 0.6 is 0 Å². The largest absolute Gasteiger partial charge is 0.490 e. The number of nitrogens with two attached hydrogens (primary N) is 1. The minimum Gasteiger partial charge on any atom is -0.490 e. The van der Waals surface area contributed by atoms with E-state index >= 15 is 0 Å². The molecule has 2 atom stereocenters. The van der Waals surface area contributed by atoms with Gasteiger partial charge in [-0.05, 0) is 79.9 Å². The highest BCUT2D eigenvalue weighted by molar-refractivity contribution is 5.78. The van der Waals surface area contributed by atoms with Crippen LogP contribution in [0.4, 0.5) is 0 Å². The molecular weight excluding hydrogens is 472 g/mol. The van der Waals surface area contributed by atoms with Gasteiger partial charge in [-0.2, -0.15) is 4.98 Å². The number of carbonyl (C=O) groups excluding carboxylic acids is 1. The molecule has 2 aromatic carbocycles. The number of rotatable bonds is 13. The van der Waals surface area contributed by atoms with Crippen LogP contribution in [0.25, 0.3) is 22.8 Å².